The Balaban J connectivity index is -0.000000245. The summed E-state index contributed by atoms with van der Waals surface area (Å²) in [6, 6.07) is 0. The second-order valence-corrected chi connectivity index (χ2v) is 2.25. The zero-order chi connectivity index (χ0) is 6.62. The lowest BCUT2D eigenvalue weighted by atomic mass is 10.7. The highest BCUT2D eigenvalue weighted by Gasteiger charge is 1.96. The van der Waals surface area contributed by atoms with Crippen molar-refractivity contribution in [2.75, 3.05) is 6.61 Å². The maximum Gasteiger partial charge on any atom is 1.00 e. The molecule has 5 nitrogen and oxygen atoms in total. The van der Waals surface area contributed by atoms with Gasteiger partial charge in [-0.1, -0.05) is 6.08 Å². The zero-order valence-corrected chi connectivity index (χ0v) is 5.71. The van der Waals surface area contributed by atoms with E-state index in [1.807, 2.05) is 0 Å². The molecule has 0 aliphatic carbocycles. The van der Waals surface area contributed by atoms with E-state index in [4.69, 9.17) is 4.89 Å². The Morgan fingerprint density at radius 1 is 2.00 bits per heavy atom. The monoisotopic (exact) mass is 155 g/mol. The predicted molar refractivity (Wildman–Crippen MR) is 32.1 cm³/mol. The van der Waals surface area contributed by atoms with Crippen molar-refractivity contribution in [3.63, 3.8) is 0 Å². The smallest absolute Gasteiger partial charge is 0.756 e. The first-order chi connectivity index (χ1) is 3.56. The number of hydrogen-bond donors (Lipinski definition) is 2. The van der Waals surface area contributed by atoms with Crippen LogP contribution >= 0.6 is 7.82 Å². The molecular formula is C3H10NO4P. The van der Waals surface area contributed by atoms with Crippen LogP contribution in [0.15, 0.2) is 12.7 Å². The molecule has 0 aromatic rings. The second kappa shape index (κ2) is 4.67. The van der Waals surface area contributed by atoms with Crippen molar-refractivity contribution in [3.8, 4) is 0 Å². The predicted octanol–water partition coefficient (Wildman–Crippen LogP) is -0.0758. The molecular weight excluding hydrogens is 145 g/mol. The van der Waals surface area contributed by atoms with E-state index < -0.39 is 7.82 Å². The normalized spacial score (nSPS) is 15.3. The Morgan fingerprint density at radius 2 is 2.44 bits per heavy atom. The molecule has 0 bridgehead atoms. The summed E-state index contributed by atoms with van der Waals surface area (Å²) < 4.78 is 13.5. The average molecular weight is 155 g/mol. The molecule has 0 aromatic heterocycles. The minimum atomic E-state index is -4.50. The van der Waals surface area contributed by atoms with Crippen LogP contribution in [-0.4, -0.2) is 11.5 Å². The molecule has 1 atom stereocenters. The number of hydrogen-bond acceptors (Lipinski definition) is 4. The summed E-state index contributed by atoms with van der Waals surface area (Å²) in [7, 11) is -4.50. The van der Waals surface area contributed by atoms with Crippen LogP contribution in [0, 0.1) is 0 Å². The van der Waals surface area contributed by atoms with Crippen LogP contribution < -0.4 is 11.0 Å². The maximum atomic E-state index is 9.70. The maximum absolute atomic E-state index is 9.70. The third kappa shape index (κ3) is 11.4. The highest BCUT2D eigenvalue weighted by Crippen LogP contribution is 2.29. The first kappa shape index (κ1) is 11.6. The van der Waals surface area contributed by atoms with Gasteiger partial charge >= 0.3 is 1.43 Å². The molecule has 0 saturated heterocycles. The lowest BCUT2D eigenvalue weighted by Crippen LogP contribution is -2.02. The van der Waals surface area contributed by atoms with Crippen molar-refractivity contribution in [2.45, 2.75) is 0 Å². The van der Waals surface area contributed by atoms with E-state index in [1.54, 1.807) is 0 Å². The van der Waals surface area contributed by atoms with Crippen molar-refractivity contribution in [2.24, 2.45) is 0 Å². The topological polar surface area (TPSA) is 105 Å². The van der Waals surface area contributed by atoms with E-state index in [0.29, 0.717) is 0 Å². The number of rotatable bonds is 3. The van der Waals surface area contributed by atoms with Gasteiger partial charge in [-0.3, -0.25) is 4.57 Å². The molecule has 0 amide bonds. The molecule has 56 valence electrons. The highest BCUT2D eigenvalue weighted by molar-refractivity contribution is 7.44. The summed E-state index contributed by atoms with van der Waals surface area (Å²) in [5.74, 6) is 0. The van der Waals surface area contributed by atoms with Gasteiger partial charge in [-0.2, -0.15) is 0 Å². The fourth-order valence-electron chi connectivity index (χ4n) is 0.147. The molecule has 9 heavy (non-hydrogen) atoms. The van der Waals surface area contributed by atoms with Gasteiger partial charge in [0.1, 0.15) is 0 Å². The van der Waals surface area contributed by atoms with Crippen molar-refractivity contribution < 1.29 is 20.3 Å². The Bertz CT molecular complexity index is 124. The zero-order valence-electron chi connectivity index (χ0n) is 5.82. The summed E-state index contributed by atoms with van der Waals surface area (Å²) in [6.07, 6.45) is 1.22. The van der Waals surface area contributed by atoms with Gasteiger partial charge in [-0.15, -0.1) is 6.58 Å². The molecule has 0 saturated carbocycles. The van der Waals surface area contributed by atoms with E-state index >= 15 is 0 Å². The Hall–Kier alpha value is -0.190. The van der Waals surface area contributed by atoms with E-state index in [1.165, 1.54) is 6.08 Å². The van der Waals surface area contributed by atoms with E-state index in [0.717, 1.165) is 0 Å². The second-order valence-electron chi connectivity index (χ2n) is 1.05. The van der Waals surface area contributed by atoms with Gasteiger partial charge in [0.05, 0.1) is 6.61 Å². The van der Waals surface area contributed by atoms with Crippen LogP contribution in [0.25, 0.3) is 0 Å². The van der Waals surface area contributed by atoms with Gasteiger partial charge < -0.3 is 20.5 Å². The van der Waals surface area contributed by atoms with Crippen molar-refractivity contribution in [1.82, 2.24) is 6.15 Å². The summed E-state index contributed by atoms with van der Waals surface area (Å²) in [5.41, 5.74) is 0. The highest BCUT2D eigenvalue weighted by atomic mass is 31.2. The molecule has 0 radical (unpaired) electrons. The molecule has 0 heterocycles. The molecule has 1 unspecified atom stereocenters. The van der Waals surface area contributed by atoms with Crippen LogP contribution in [0.1, 0.15) is 1.43 Å². The van der Waals surface area contributed by atoms with Crippen molar-refractivity contribution in [3.05, 3.63) is 12.7 Å². The fourth-order valence-corrected chi connectivity index (χ4v) is 0.441. The number of phosphoric acid groups is 1. The van der Waals surface area contributed by atoms with Crippen LogP contribution in [0.2, 0.25) is 0 Å². The van der Waals surface area contributed by atoms with Gasteiger partial charge in [-0.25, -0.2) is 0 Å². The largest absolute Gasteiger partial charge is 1.00 e. The van der Waals surface area contributed by atoms with Gasteiger partial charge in [0.2, 0.25) is 0 Å². The van der Waals surface area contributed by atoms with Crippen LogP contribution in [-0.2, 0) is 9.09 Å². The van der Waals surface area contributed by atoms with E-state index in [2.05, 4.69) is 11.1 Å². The van der Waals surface area contributed by atoms with Crippen LogP contribution in [0.3, 0.4) is 0 Å². The number of phosphoric ester groups is 1. The molecule has 4 N–H and O–H groups in total. The SMILES string of the molecule is C=CCOP(=O)([O-])O.N.[H+]. The molecule has 0 aromatic carbocycles. The van der Waals surface area contributed by atoms with Gasteiger partial charge in [0, 0.05) is 0 Å². The van der Waals surface area contributed by atoms with Crippen LogP contribution in [0.5, 0.6) is 0 Å². The van der Waals surface area contributed by atoms with Crippen molar-refractivity contribution in [1.29, 1.82) is 0 Å². The Labute approximate surface area is 54.7 Å². The summed E-state index contributed by atoms with van der Waals surface area (Å²) in [6.45, 7) is 2.98. The van der Waals surface area contributed by atoms with E-state index in [9.17, 15) is 9.46 Å². The summed E-state index contributed by atoms with van der Waals surface area (Å²) >= 11 is 0. The molecule has 0 aliphatic heterocycles. The van der Waals surface area contributed by atoms with E-state index in [-0.39, 0.29) is 14.2 Å². The van der Waals surface area contributed by atoms with Gasteiger partial charge in [-0.05, 0) is 0 Å². The van der Waals surface area contributed by atoms with Gasteiger partial charge in [0.25, 0.3) is 7.82 Å². The lowest BCUT2D eigenvalue weighted by molar-refractivity contribution is -0.218. The third-order valence-electron chi connectivity index (χ3n) is 0.356. The summed E-state index contributed by atoms with van der Waals surface area (Å²) in [4.78, 5) is 17.6. The molecule has 6 heteroatoms. The lowest BCUT2D eigenvalue weighted by Gasteiger charge is -2.12. The van der Waals surface area contributed by atoms with Crippen LogP contribution in [0.4, 0.5) is 0 Å². The Morgan fingerprint density at radius 3 is 2.56 bits per heavy atom. The molecule has 0 rings (SSSR count). The Kier molecular flexibility index (Phi) is 6.01. The van der Waals surface area contributed by atoms with Gasteiger partial charge in [0.15, 0.2) is 0 Å². The standard InChI is InChI=1S/C3H7O4P.H3N/c1-2-3-7-8(4,5)6;/h2H,1,3H2,(H2,4,5,6);1H3. The fraction of sp³-hybridized carbons (Fsp3) is 0.333. The minimum Gasteiger partial charge on any atom is -0.756 e. The summed E-state index contributed by atoms with van der Waals surface area (Å²) in [5, 5.41) is 0. The molecule has 0 fully saturated rings. The quantitative estimate of drug-likeness (QED) is 0.438. The molecule has 0 aliphatic rings. The van der Waals surface area contributed by atoms with Crippen molar-refractivity contribution >= 4 is 7.82 Å². The molecule has 0 spiro atoms. The third-order valence-corrected chi connectivity index (χ3v) is 0.831. The minimum absolute atomic E-state index is 0. The first-order valence-electron chi connectivity index (χ1n) is 1.85. The average Bonchev–Trinajstić information content (AvgIpc) is 1.59. The first-order valence-corrected chi connectivity index (χ1v) is 3.35.